The molecule has 0 spiro atoms. The van der Waals surface area contributed by atoms with Crippen LogP contribution in [0.3, 0.4) is 0 Å². The standard InChI is InChI=1S/C19H26N4O2S/c1-4-25-18(24)16-6-5-9-21(11-16)13-23-19(26)22(12-20-23)17-8-7-14(2)10-15(17)3/h7-8,10,12,16H,4-6,9,11,13H2,1-3H3. The Labute approximate surface area is 159 Å². The fourth-order valence-corrected chi connectivity index (χ4v) is 3.75. The van der Waals surface area contributed by atoms with Gasteiger partial charge in [-0.3, -0.25) is 14.3 Å². The molecule has 26 heavy (non-hydrogen) atoms. The number of carbonyl (C=O) groups is 1. The lowest BCUT2D eigenvalue weighted by Gasteiger charge is -2.31. The number of likely N-dealkylation sites (tertiary alicyclic amines) is 1. The van der Waals surface area contributed by atoms with Crippen molar-refractivity contribution in [3.8, 4) is 5.69 Å². The summed E-state index contributed by atoms with van der Waals surface area (Å²) >= 11 is 5.64. The maximum Gasteiger partial charge on any atom is 0.310 e. The van der Waals surface area contributed by atoms with Crippen LogP contribution in [0.4, 0.5) is 0 Å². The van der Waals surface area contributed by atoms with E-state index in [2.05, 4.69) is 42.0 Å². The first-order valence-corrected chi connectivity index (χ1v) is 9.51. The second kappa shape index (κ2) is 8.14. The van der Waals surface area contributed by atoms with E-state index in [0.717, 1.165) is 25.1 Å². The molecule has 1 aromatic heterocycles. The molecule has 6 nitrogen and oxygen atoms in total. The second-order valence-corrected chi connectivity index (χ2v) is 7.25. The minimum atomic E-state index is -0.0957. The lowest BCUT2D eigenvalue weighted by atomic mass is 9.99. The lowest BCUT2D eigenvalue weighted by molar-refractivity contribution is -0.150. The third-order valence-corrected chi connectivity index (χ3v) is 5.21. The van der Waals surface area contributed by atoms with Crippen LogP contribution in [0.2, 0.25) is 0 Å². The summed E-state index contributed by atoms with van der Waals surface area (Å²) in [6.07, 6.45) is 3.64. The van der Waals surface area contributed by atoms with Crippen LogP contribution in [0.1, 0.15) is 30.9 Å². The molecule has 0 amide bonds. The number of benzene rings is 1. The van der Waals surface area contributed by atoms with Crippen LogP contribution in [0.15, 0.2) is 24.5 Å². The van der Waals surface area contributed by atoms with E-state index in [1.165, 1.54) is 11.1 Å². The number of esters is 1. The Balaban J connectivity index is 1.74. The number of carbonyl (C=O) groups excluding carboxylic acids is 1. The van der Waals surface area contributed by atoms with Crippen molar-refractivity contribution in [1.82, 2.24) is 19.2 Å². The number of nitrogens with zero attached hydrogens (tertiary/aromatic N) is 4. The molecular formula is C19H26N4O2S. The zero-order valence-corrected chi connectivity index (χ0v) is 16.5. The summed E-state index contributed by atoms with van der Waals surface area (Å²) in [7, 11) is 0. The fraction of sp³-hybridized carbons (Fsp3) is 0.526. The molecule has 2 aromatic rings. The van der Waals surface area contributed by atoms with E-state index in [0.29, 0.717) is 24.6 Å². The summed E-state index contributed by atoms with van der Waals surface area (Å²) in [6.45, 7) is 8.65. The Bertz CT molecular complexity index is 842. The second-order valence-electron chi connectivity index (χ2n) is 6.88. The van der Waals surface area contributed by atoms with Crippen molar-refractivity contribution < 1.29 is 9.53 Å². The first-order chi connectivity index (χ1) is 12.5. The Morgan fingerprint density at radius 2 is 2.19 bits per heavy atom. The summed E-state index contributed by atoms with van der Waals surface area (Å²) in [4.78, 5) is 14.2. The Morgan fingerprint density at radius 3 is 2.92 bits per heavy atom. The molecule has 1 aliphatic rings. The maximum absolute atomic E-state index is 12.0. The van der Waals surface area contributed by atoms with E-state index >= 15 is 0 Å². The van der Waals surface area contributed by atoms with Gasteiger partial charge in [0.2, 0.25) is 4.77 Å². The Hall–Kier alpha value is -1.99. The summed E-state index contributed by atoms with van der Waals surface area (Å²) in [5.74, 6) is -0.152. The molecule has 1 fully saturated rings. The summed E-state index contributed by atoms with van der Waals surface area (Å²) in [6, 6.07) is 6.29. The molecule has 0 aliphatic carbocycles. The van der Waals surface area contributed by atoms with E-state index in [1.54, 1.807) is 6.33 Å². The number of aromatic nitrogens is 3. The van der Waals surface area contributed by atoms with Gasteiger partial charge in [0.25, 0.3) is 0 Å². The first kappa shape index (κ1) is 18.8. The van der Waals surface area contributed by atoms with E-state index in [4.69, 9.17) is 17.0 Å². The van der Waals surface area contributed by atoms with Gasteiger partial charge in [0.05, 0.1) is 24.9 Å². The number of hydrogen-bond acceptors (Lipinski definition) is 5. The van der Waals surface area contributed by atoms with Gasteiger partial charge in [-0.25, -0.2) is 4.68 Å². The van der Waals surface area contributed by atoms with Crippen LogP contribution in [-0.4, -0.2) is 44.9 Å². The minimum Gasteiger partial charge on any atom is -0.466 e. The molecule has 1 saturated heterocycles. The van der Waals surface area contributed by atoms with Gasteiger partial charge in [-0.2, -0.15) is 5.10 Å². The number of rotatable bonds is 5. The van der Waals surface area contributed by atoms with Gasteiger partial charge in [0.1, 0.15) is 6.33 Å². The van der Waals surface area contributed by atoms with Gasteiger partial charge < -0.3 is 4.74 Å². The zero-order valence-electron chi connectivity index (χ0n) is 15.6. The monoisotopic (exact) mass is 374 g/mol. The normalized spacial score (nSPS) is 18.0. The largest absolute Gasteiger partial charge is 0.466 e. The van der Waals surface area contributed by atoms with Crippen molar-refractivity contribution in [2.24, 2.45) is 5.92 Å². The van der Waals surface area contributed by atoms with Crippen molar-refractivity contribution in [2.45, 2.75) is 40.3 Å². The summed E-state index contributed by atoms with van der Waals surface area (Å²) in [5.41, 5.74) is 3.44. The molecule has 1 unspecified atom stereocenters. The van der Waals surface area contributed by atoms with Gasteiger partial charge in [0, 0.05) is 6.54 Å². The summed E-state index contributed by atoms with van der Waals surface area (Å²) < 4.78 is 9.60. The van der Waals surface area contributed by atoms with E-state index < -0.39 is 0 Å². The Morgan fingerprint density at radius 1 is 1.38 bits per heavy atom. The molecule has 7 heteroatoms. The van der Waals surface area contributed by atoms with Crippen LogP contribution in [0, 0.1) is 24.5 Å². The van der Waals surface area contributed by atoms with Crippen LogP contribution >= 0.6 is 12.2 Å². The third kappa shape index (κ3) is 4.04. The predicted octanol–water partition coefficient (Wildman–Crippen LogP) is 3.25. The fourth-order valence-electron chi connectivity index (χ4n) is 3.50. The average Bonchev–Trinajstić information content (AvgIpc) is 2.96. The van der Waals surface area contributed by atoms with Gasteiger partial charge in [-0.1, -0.05) is 17.7 Å². The number of ether oxygens (including phenoxy) is 1. The molecule has 1 aliphatic heterocycles. The summed E-state index contributed by atoms with van der Waals surface area (Å²) in [5, 5.41) is 4.47. The lowest BCUT2D eigenvalue weighted by Crippen LogP contribution is -2.40. The molecule has 140 valence electrons. The molecule has 0 N–H and O–H groups in total. The molecule has 1 atom stereocenters. The average molecular weight is 375 g/mol. The van der Waals surface area contributed by atoms with E-state index in [1.807, 2.05) is 16.2 Å². The SMILES string of the molecule is CCOC(=O)C1CCCN(Cn2ncn(-c3ccc(C)cc3C)c2=S)C1. The molecule has 0 saturated carbocycles. The Kier molecular flexibility index (Phi) is 5.88. The minimum absolute atomic E-state index is 0.0562. The highest BCUT2D eigenvalue weighted by Crippen LogP contribution is 2.20. The maximum atomic E-state index is 12.0. The van der Waals surface area contributed by atoms with Gasteiger partial charge in [-0.15, -0.1) is 0 Å². The number of piperidine rings is 1. The molecule has 2 heterocycles. The number of hydrogen-bond donors (Lipinski definition) is 0. The van der Waals surface area contributed by atoms with Crippen LogP contribution in [0.5, 0.6) is 0 Å². The van der Waals surface area contributed by atoms with Crippen molar-refractivity contribution in [2.75, 3.05) is 19.7 Å². The number of aryl methyl sites for hydroxylation is 2. The van der Waals surface area contributed by atoms with Crippen molar-refractivity contribution >= 4 is 18.2 Å². The highest BCUT2D eigenvalue weighted by atomic mass is 32.1. The third-order valence-electron chi connectivity index (χ3n) is 4.80. The quantitative estimate of drug-likeness (QED) is 0.594. The van der Waals surface area contributed by atoms with Gasteiger partial charge >= 0.3 is 5.97 Å². The van der Waals surface area contributed by atoms with E-state index in [-0.39, 0.29) is 11.9 Å². The van der Waals surface area contributed by atoms with Crippen molar-refractivity contribution in [3.05, 3.63) is 40.4 Å². The molecule has 3 rings (SSSR count). The highest BCUT2D eigenvalue weighted by molar-refractivity contribution is 7.71. The van der Waals surface area contributed by atoms with Crippen molar-refractivity contribution in [1.29, 1.82) is 0 Å². The molecule has 1 aromatic carbocycles. The first-order valence-electron chi connectivity index (χ1n) is 9.10. The predicted molar refractivity (Wildman–Crippen MR) is 103 cm³/mol. The molecular weight excluding hydrogens is 348 g/mol. The van der Waals surface area contributed by atoms with E-state index in [9.17, 15) is 4.79 Å². The smallest absolute Gasteiger partial charge is 0.310 e. The topological polar surface area (TPSA) is 52.3 Å². The highest BCUT2D eigenvalue weighted by Gasteiger charge is 2.27. The zero-order chi connectivity index (χ0) is 18.7. The molecule has 0 bridgehead atoms. The van der Waals surface area contributed by atoms with Crippen molar-refractivity contribution in [3.63, 3.8) is 0 Å². The van der Waals surface area contributed by atoms with Gasteiger partial charge in [0.15, 0.2) is 0 Å². The van der Waals surface area contributed by atoms with Crippen LogP contribution in [-0.2, 0) is 16.2 Å². The van der Waals surface area contributed by atoms with Gasteiger partial charge in [-0.05, 0) is 64.0 Å². The van der Waals surface area contributed by atoms with Crippen LogP contribution < -0.4 is 0 Å². The molecule has 0 radical (unpaired) electrons. The van der Waals surface area contributed by atoms with Crippen LogP contribution in [0.25, 0.3) is 5.69 Å².